The molecule has 12 heteroatoms. The normalized spacial score (nSPS) is 19.2. The van der Waals surface area contributed by atoms with Crippen LogP contribution < -0.4 is 37.9 Å². The first-order valence-electron chi connectivity index (χ1n) is 12.6. The first-order chi connectivity index (χ1) is 20.0. The van der Waals surface area contributed by atoms with Crippen molar-refractivity contribution < 1.29 is 52.6 Å². The van der Waals surface area contributed by atoms with E-state index in [1.165, 1.54) is 19.1 Å². The molecule has 0 aromatic heterocycles. The third kappa shape index (κ3) is 3.82. The number of ketones is 1. The minimum absolute atomic E-state index is 0.00368. The van der Waals surface area contributed by atoms with Crippen LogP contribution in [0.25, 0.3) is 5.76 Å². The number of rotatable bonds is 6. The second kappa shape index (κ2) is 9.44. The first-order valence-corrected chi connectivity index (χ1v) is 12.6. The summed E-state index contributed by atoms with van der Waals surface area (Å²) >= 11 is 0. The van der Waals surface area contributed by atoms with Crippen LogP contribution in [0.4, 0.5) is 0 Å². The Morgan fingerprint density at radius 1 is 0.805 bits per heavy atom. The van der Waals surface area contributed by atoms with E-state index in [2.05, 4.69) is 0 Å². The fraction of sp³-hybridized carbons (Fsp3) is 0.241. The molecular weight excluding hydrogens is 538 g/mol. The van der Waals surface area contributed by atoms with Crippen LogP contribution in [0.15, 0.2) is 48.0 Å². The maximum atomic E-state index is 13.7. The average molecular weight is 561 g/mol. The zero-order valence-electron chi connectivity index (χ0n) is 21.9. The molecule has 1 saturated heterocycles. The Morgan fingerprint density at radius 2 is 1.44 bits per heavy atom. The van der Waals surface area contributed by atoms with Crippen molar-refractivity contribution in [3.63, 3.8) is 0 Å². The standard InChI is InChI=1S/C29H23NO11/c1-34-26-16(9-21-27(28(26)35-2)41-13-40-21)23-22(24(31)15-4-6-18-20(8-15)39-12-37-18)25(32)29(33)30(23)10-14-3-5-17-19(7-14)38-11-36-17/h3-9,23,31H,10-13H2,1-2H3/t23-/m0/s1. The Kier molecular flexibility index (Phi) is 5.70. The summed E-state index contributed by atoms with van der Waals surface area (Å²) in [6.45, 7) is 0.0806. The fourth-order valence-electron chi connectivity index (χ4n) is 5.42. The van der Waals surface area contributed by atoms with Crippen LogP contribution in [-0.4, -0.2) is 56.3 Å². The quantitative estimate of drug-likeness (QED) is 0.269. The molecule has 0 aliphatic carbocycles. The van der Waals surface area contributed by atoms with Crippen molar-refractivity contribution in [2.45, 2.75) is 12.6 Å². The van der Waals surface area contributed by atoms with Gasteiger partial charge >= 0.3 is 0 Å². The van der Waals surface area contributed by atoms with Gasteiger partial charge in [-0.25, -0.2) is 0 Å². The van der Waals surface area contributed by atoms with Gasteiger partial charge in [-0.2, -0.15) is 0 Å². The van der Waals surface area contributed by atoms with Crippen LogP contribution in [0.3, 0.4) is 0 Å². The largest absolute Gasteiger partial charge is 0.507 e. The molecule has 0 spiro atoms. The summed E-state index contributed by atoms with van der Waals surface area (Å²) in [5, 5.41) is 11.6. The highest BCUT2D eigenvalue weighted by atomic mass is 16.7. The number of carbonyl (C=O) groups is 2. The maximum Gasteiger partial charge on any atom is 0.295 e. The molecule has 0 unspecified atom stereocenters. The Bertz CT molecular complexity index is 1650. The van der Waals surface area contributed by atoms with Gasteiger partial charge in [0.15, 0.2) is 34.5 Å². The van der Waals surface area contributed by atoms with Gasteiger partial charge in [0.25, 0.3) is 11.7 Å². The third-order valence-electron chi connectivity index (χ3n) is 7.28. The Hall–Kier alpha value is -5.26. The van der Waals surface area contributed by atoms with E-state index in [0.717, 1.165) is 0 Å². The number of Topliss-reactive ketones (excluding diaryl/α,β-unsaturated/α-hetero) is 1. The van der Waals surface area contributed by atoms with E-state index in [1.807, 2.05) is 0 Å². The lowest BCUT2D eigenvalue weighted by atomic mass is 9.93. The summed E-state index contributed by atoms with van der Waals surface area (Å²) in [6.07, 6.45) is 0. The van der Waals surface area contributed by atoms with Crippen molar-refractivity contribution in [2.75, 3.05) is 34.6 Å². The van der Waals surface area contributed by atoms with E-state index in [0.29, 0.717) is 45.6 Å². The molecule has 1 atom stereocenters. The molecule has 12 nitrogen and oxygen atoms in total. The number of aliphatic hydroxyl groups is 1. The van der Waals surface area contributed by atoms with Gasteiger partial charge in [-0.3, -0.25) is 9.59 Å². The number of fused-ring (bicyclic) bond motifs is 3. The summed E-state index contributed by atoms with van der Waals surface area (Å²) in [5.74, 6) is 1.06. The lowest BCUT2D eigenvalue weighted by molar-refractivity contribution is -0.140. The van der Waals surface area contributed by atoms with Gasteiger partial charge in [-0.15, -0.1) is 0 Å². The van der Waals surface area contributed by atoms with Gasteiger partial charge < -0.3 is 47.9 Å². The Balaban J connectivity index is 1.41. The molecule has 4 aliphatic heterocycles. The highest BCUT2D eigenvalue weighted by Crippen LogP contribution is 2.54. The molecule has 0 saturated carbocycles. The van der Waals surface area contributed by atoms with Crippen molar-refractivity contribution in [1.29, 1.82) is 0 Å². The lowest BCUT2D eigenvalue weighted by Crippen LogP contribution is -2.29. The van der Waals surface area contributed by atoms with Gasteiger partial charge in [0.05, 0.1) is 25.8 Å². The molecular formula is C29H23NO11. The van der Waals surface area contributed by atoms with Crippen LogP contribution in [0.2, 0.25) is 0 Å². The van der Waals surface area contributed by atoms with Gasteiger partial charge in [-0.05, 0) is 42.0 Å². The molecule has 7 rings (SSSR count). The van der Waals surface area contributed by atoms with Crippen LogP contribution in [0.5, 0.6) is 46.0 Å². The zero-order valence-corrected chi connectivity index (χ0v) is 21.9. The summed E-state index contributed by atoms with van der Waals surface area (Å²) < 4.78 is 44.3. The molecule has 41 heavy (non-hydrogen) atoms. The number of hydrogen-bond donors (Lipinski definition) is 1. The van der Waals surface area contributed by atoms with E-state index < -0.39 is 23.5 Å². The molecule has 3 aromatic rings. The molecule has 210 valence electrons. The minimum atomic E-state index is -1.09. The molecule has 4 heterocycles. The first kappa shape index (κ1) is 24.8. The number of aliphatic hydroxyl groups excluding tert-OH is 1. The van der Waals surface area contributed by atoms with Crippen molar-refractivity contribution in [2.24, 2.45) is 0 Å². The van der Waals surface area contributed by atoms with Crippen molar-refractivity contribution in [3.8, 4) is 46.0 Å². The Morgan fingerprint density at radius 3 is 2.17 bits per heavy atom. The van der Waals surface area contributed by atoms with Crippen LogP contribution >= 0.6 is 0 Å². The monoisotopic (exact) mass is 561 g/mol. The zero-order chi connectivity index (χ0) is 28.2. The van der Waals surface area contributed by atoms with Crippen molar-refractivity contribution >= 4 is 17.4 Å². The van der Waals surface area contributed by atoms with Gasteiger partial charge in [0, 0.05) is 17.7 Å². The number of ether oxygens (including phenoxy) is 8. The van der Waals surface area contributed by atoms with Crippen LogP contribution in [0.1, 0.15) is 22.7 Å². The predicted octanol–water partition coefficient (Wildman–Crippen LogP) is 3.51. The number of likely N-dealkylation sites (tertiary alicyclic amines) is 1. The third-order valence-corrected chi connectivity index (χ3v) is 7.28. The summed E-state index contributed by atoms with van der Waals surface area (Å²) in [4.78, 5) is 28.7. The van der Waals surface area contributed by atoms with Gasteiger partial charge in [0.2, 0.25) is 31.9 Å². The number of benzene rings is 3. The number of nitrogens with zero attached hydrogens (tertiary/aromatic N) is 1. The predicted molar refractivity (Wildman–Crippen MR) is 139 cm³/mol. The van der Waals surface area contributed by atoms with Crippen LogP contribution in [0, 0.1) is 0 Å². The average Bonchev–Trinajstić information content (AvgIpc) is 3.79. The van der Waals surface area contributed by atoms with E-state index in [-0.39, 0.29) is 49.6 Å². The van der Waals surface area contributed by atoms with Crippen molar-refractivity contribution in [3.05, 3.63) is 64.7 Å². The molecule has 0 bridgehead atoms. The van der Waals surface area contributed by atoms with E-state index in [4.69, 9.17) is 37.9 Å². The highest BCUT2D eigenvalue weighted by Gasteiger charge is 2.48. The molecule has 1 fully saturated rings. The van der Waals surface area contributed by atoms with Gasteiger partial charge in [-0.1, -0.05) is 6.07 Å². The highest BCUT2D eigenvalue weighted by molar-refractivity contribution is 6.46. The smallest absolute Gasteiger partial charge is 0.295 e. The topological polar surface area (TPSA) is 131 Å². The molecule has 3 aromatic carbocycles. The second-order valence-electron chi connectivity index (χ2n) is 9.45. The summed E-state index contributed by atoms with van der Waals surface area (Å²) in [7, 11) is 2.88. The molecule has 1 amide bonds. The Labute approximate surface area is 233 Å². The molecule has 0 radical (unpaired) electrons. The van der Waals surface area contributed by atoms with Gasteiger partial charge in [0.1, 0.15) is 5.76 Å². The molecule has 1 N–H and O–H groups in total. The lowest BCUT2D eigenvalue weighted by Gasteiger charge is -2.27. The maximum absolute atomic E-state index is 13.7. The number of hydrogen-bond acceptors (Lipinski definition) is 11. The summed E-state index contributed by atoms with van der Waals surface area (Å²) in [5.41, 5.74) is 1.16. The SMILES string of the molecule is COc1c([C@H]2C(=C(O)c3ccc4c(c3)OCO4)C(=O)C(=O)N2Cc2ccc3c(c2)OCO3)cc2c(c1OC)OCO2. The van der Waals surface area contributed by atoms with E-state index in [1.54, 1.807) is 42.5 Å². The van der Waals surface area contributed by atoms with Crippen LogP contribution in [-0.2, 0) is 16.1 Å². The molecule has 4 aliphatic rings. The number of methoxy groups -OCH3 is 2. The minimum Gasteiger partial charge on any atom is -0.507 e. The van der Waals surface area contributed by atoms with Crippen molar-refractivity contribution in [1.82, 2.24) is 4.90 Å². The number of amides is 1. The number of carbonyl (C=O) groups excluding carboxylic acids is 2. The summed E-state index contributed by atoms with van der Waals surface area (Å²) in [6, 6.07) is 10.6. The van der Waals surface area contributed by atoms with E-state index in [9.17, 15) is 14.7 Å². The fourth-order valence-corrected chi connectivity index (χ4v) is 5.42. The second-order valence-corrected chi connectivity index (χ2v) is 9.45. The van der Waals surface area contributed by atoms with E-state index >= 15 is 0 Å².